The number of aliphatic carboxylic acids is 1. The Morgan fingerprint density at radius 2 is 2.40 bits per heavy atom. The molecule has 0 heterocycles. The lowest BCUT2D eigenvalue weighted by atomic mass is 10.4. The Hall–Kier alpha value is -1.26. The van der Waals surface area contributed by atoms with Gasteiger partial charge in [0, 0.05) is 6.04 Å². The van der Waals surface area contributed by atoms with Gasteiger partial charge in [0.05, 0.1) is 5.92 Å². The molecule has 0 bridgehead atoms. The molecule has 0 aromatic heterocycles. The number of carbonyl (C=O) groups is 1. The van der Waals surface area contributed by atoms with E-state index in [1.54, 1.807) is 0 Å². The molecule has 0 radical (unpaired) electrons. The normalized spacial score (nSPS) is 29.2. The number of rotatable bonds is 2. The molecule has 1 aliphatic rings. The molecule has 0 amide bonds. The van der Waals surface area contributed by atoms with Crippen molar-refractivity contribution in [3.05, 3.63) is 0 Å². The maximum Gasteiger partial charge on any atom is 0.308 e. The van der Waals surface area contributed by atoms with Crippen molar-refractivity contribution in [1.29, 1.82) is 5.41 Å². The molecule has 0 aromatic rings. The van der Waals surface area contributed by atoms with Crippen molar-refractivity contribution in [3.63, 3.8) is 0 Å². The molecule has 1 saturated carbocycles. The average molecular weight is 143 g/mol. The summed E-state index contributed by atoms with van der Waals surface area (Å²) < 4.78 is 0. The van der Waals surface area contributed by atoms with E-state index >= 15 is 0 Å². The lowest BCUT2D eigenvalue weighted by Crippen LogP contribution is -2.33. The van der Waals surface area contributed by atoms with E-state index in [9.17, 15) is 4.79 Å². The highest BCUT2D eigenvalue weighted by Crippen LogP contribution is 2.29. The van der Waals surface area contributed by atoms with E-state index < -0.39 is 5.97 Å². The zero-order chi connectivity index (χ0) is 7.72. The van der Waals surface area contributed by atoms with Crippen LogP contribution in [-0.2, 0) is 4.79 Å². The summed E-state index contributed by atoms with van der Waals surface area (Å²) in [6, 6.07) is -0.116. The fraction of sp³-hybridized carbons (Fsp3) is 0.600. The van der Waals surface area contributed by atoms with E-state index in [1.807, 2.05) is 0 Å². The zero-order valence-corrected chi connectivity index (χ0v) is 5.29. The van der Waals surface area contributed by atoms with Gasteiger partial charge >= 0.3 is 5.97 Å². The number of nitrogens with two attached hydrogens (primary N) is 1. The van der Waals surface area contributed by atoms with E-state index in [0.717, 1.165) is 0 Å². The molecule has 5 N–H and O–H groups in total. The van der Waals surface area contributed by atoms with Crippen LogP contribution in [-0.4, -0.2) is 23.1 Å². The summed E-state index contributed by atoms with van der Waals surface area (Å²) >= 11 is 0. The van der Waals surface area contributed by atoms with E-state index in [-0.39, 0.29) is 17.9 Å². The summed E-state index contributed by atoms with van der Waals surface area (Å²) in [6.07, 6.45) is 0.578. The second kappa shape index (κ2) is 2.17. The van der Waals surface area contributed by atoms with Crippen molar-refractivity contribution < 1.29 is 9.90 Å². The van der Waals surface area contributed by atoms with Gasteiger partial charge in [-0.25, -0.2) is 0 Å². The molecule has 1 fully saturated rings. The minimum Gasteiger partial charge on any atom is -0.481 e. The summed E-state index contributed by atoms with van der Waals surface area (Å²) in [6.45, 7) is 0. The molecule has 0 aromatic carbocycles. The van der Waals surface area contributed by atoms with Gasteiger partial charge in [-0.2, -0.15) is 0 Å². The SMILES string of the molecule is N=C(N)N[C@H]1C[C@H]1C(=O)O. The summed E-state index contributed by atoms with van der Waals surface area (Å²) in [7, 11) is 0. The topological polar surface area (TPSA) is 99.2 Å². The zero-order valence-electron chi connectivity index (χ0n) is 5.29. The fourth-order valence-electron chi connectivity index (χ4n) is 0.827. The number of guanidine groups is 1. The predicted octanol–water partition coefficient (Wildman–Crippen LogP) is -1.06. The van der Waals surface area contributed by atoms with Crippen LogP contribution in [0.2, 0.25) is 0 Å². The van der Waals surface area contributed by atoms with Gasteiger partial charge in [0.15, 0.2) is 5.96 Å². The summed E-state index contributed by atoms with van der Waals surface area (Å²) in [5.74, 6) is -1.32. The smallest absolute Gasteiger partial charge is 0.308 e. The Morgan fingerprint density at radius 1 is 1.80 bits per heavy atom. The van der Waals surface area contributed by atoms with Gasteiger partial charge in [0.2, 0.25) is 0 Å². The van der Waals surface area contributed by atoms with Gasteiger partial charge < -0.3 is 16.2 Å². The molecule has 56 valence electrons. The van der Waals surface area contributed by atoms with Crippen LogP contribution in [0.3, 0.4) is 0 Å². The van der Waals surface area contributed by atoms with Crippen molar-refractivity contribution in [2.45, 2.75) is 12.5 Å². The van der Waals surface area contributed by atoms with Crippen molar-refractivity contribution in [2.24, 2.45) is 11.7 Å². The van der Waals surface area contributed by atoms with Gasteiger partial charge in [0.25, 0.3) is 0 Å². The third-order valence-electron chi connectivity index (χ3n) is 1.45. The monoisotopic (exact) mass is 143 g/mol. The van der Waals surface area contributed by atoms with Crippen molar-refractivity contribution in [3.8, 4) is 0 Å². The second-order valence-electron chi connectivity index (χ2n) is 2.34. The van der Waals surface area contributed by atoms with Gasteiger partial charge in [-0.3, -0.25) is 10.2 Å². The van der Waals surface area contributed by atoms with Crippen LogP contribution in [0.5, 0.6) is 0 Å². The second-order valence-corrected chi connectivity index (χ2v) is 2.34. The van der Waals surface area contributed by atoms with Crippen molar-refractivity contribution >= 4 is 11.9 Å². The molecule has 5 nitrogen and oxygen atoms in total. The number of carboxylic acid groups (broad SMARTS) is 1. The number of carboxylic acids is 1. The van der Waals surface area contributed by atoms with E-state index in [4.69, 9.17) is 16.2 Å². The number of nitrogens with one attached hydrogen (secondary N) is 2. The first-order valence-electron chi connectivity index (χ1n) is 2.94. The quantitative estimate of drug-likeness (QED) is 0.292. The molecule has 0 saturated heterocycles. The summed E-state index contributed by atoms with van der Waals surface area (Å²) in [4.78, 5) is 10.2. The van der Waals surface area contributed by atoms with E-state index in [1.165, 1.54) is 0 Å². The molecule has 0 spiro atoms. The lowest BCUT2D eigenvalue weighted by molar-refractivity contribution is -0.138. The molecule has 1 aliphatic carbocycles. The van der Waals surface area contributed by atoms with Gasteiger partial charge in [-0.1, -0.05) is 0 Å². The minimum absolute atomic E-state index is 0.116. The summed E-state index contributed by atoms with van der Waals surface area (Å²) in [5, 5.41) is 17.7. The summed E-state index contributed by atoms with van der Waals surface area (Å²) in [5.41, 5.74) is 4.97. The Morgan fingerprint density at radius 3 is 2.70 bits per heavy atom. The Bertz CT molecular complexity index is 180. The van der Waals surface area contributed by atoms with Crippen LogP contribution in [0.25, 0.3) is 0 Å². The molecule has 0 aliphatic heterocycles. The average Bonchev–Trinajstić information content (AvgIpc) is 2.43. The van der Waals surface area contributed by atoms with Crippen LogP contribution >= 0.6 is 0 Å². The van der Waals surface area contributed by atoms with Crippen LogP contribution in [0.15, 0.2) is 0 Å². The fourth-order valence-corrected chi connectivity index (χ4v) is 0.827. The Kier molecular flexibility index (Phi) is 1.48. The van der Waals surface area contributed by atoms with Crippen molar-refractivity contribution in [1.82, 2.24) is 5.32 Å². The first-order valence-corrected chi connectivity index (χ1v) is 2.94. The molecule has 0 unspecified atom stereocenters. The maximum atomic E-state index is 10.2. The van der Waals surface area contributed by atoms with Gasteiger partial charge in [0.1, 0.15) is 0 Å². The van der Waals surface area contributed by atoms with Gasteiger partial charge in [-0.15, -0.1) is 0 Å². The highest BCUT2D eigenvalue weighted by atomic mass is 16.4. The van der Waals surface area contributed by atoms with E-state index in [2.05, 4.69) is 5.32 Å². The maximum absolute atomic E-state index is 10.2. The Balaban J connectivity index is 2.26. The highest BCUT2D eigenvalue weighted by Gasteiger charge is 2.43. The van der Waals surface area contributed by atoms with Crippen LogP contribution < -0.4 is 11.1 Å². The third-order valence-corrected chi connectivity index (χ3v) is 1.45. The molecular formula is C5H9N3O2. The Labute approximate surface area is 57.7 Å². The standard InChI is InChI=1S/C5H9N3O2/c6-5(7)8-3-1-2(3)4(9)10/h2-3H,1H2,(H,9,10)(H4,6,7,8)/t2-,3+/m1/s1. The predicted molar refractivity (Wildman–Crippen MR) is 34.6 cm³/mol. The third kappa shape index (κ3) is 1.37. The number of hydrogen-bond donors (Lipinski definition) is 4. The molecule has 2 atom stereocenters. The van der Waals surface area contributed by atoms with Crippen molar-refractivity contribution in [2.75, 3.05) is 0 Å². The molecule has 1 rings (SSSR count). The van der Waals surface area contributed by atoms with Crippen LogP contribution in [0, 0.1) is 11.3 Å². The molecular weight excluding hydrogens is 134 g/mol. The van der Waals surface area contributed by atoms with Gasteiger partial charge in [-0.05, 0) is 6.42 Å². The molecule has 5 heteroatoms. The molecule has 10 heavy (non-hydrogen) atoms. The largest absolute Gasteiger partial charge is 0.481 e. The first kappa shape index (κ1) is 6.85. The minimum atomic E-state index is -0.821. The van der Waals surface area contributed by atoms with Crippen LogP contribution in [0.1, 0.15) is 6.42 Å². The van der Waals surface area contributed by atoms with E-state index in [0.29, 0.717) is 6.42 Å². The lowest BCUT2D eigenvalue weighted by Gasteiger charge is -1.98. The number of hydrogen-bond acceptors (Lipinski definition) is 2. The van der Waals surface area contributed by atoms with Crippen LogP contribution in [0.4, 0.5) is 0 Å². The highest BCUT2D eigenvalue weighted by molar-refractivity contribution is 5.79. The first-order chi connectivity index (χ1) is 4.61.